The SMILES string of the molecule is CSC=Nc1cc(F)ccc1CN(C)CC(NCc1ccccc1)N(C=O)CC=O. The minimum Gasteiger partial charge on any atom is -0.321 e. The molecule has 2 aromatic carbocycles. The van der Waals surface area contributed by atoms with Gasteiger partial charge in [-0.2, -0.15) is 0 Å². The lowest BCUT2D eigenvalue weighted by Crippen LogP contribution is -2.51. The monoisotopic (exact) mass is 430 g/mol. The second-order valence-corrected chi connectivity index (χ2v) is 7.47. The van der Waals surface area contributed by atoms with E-state index in [-0.39, 0.29) is 18.5 Å². The third-order valence-corrected chi connectivity index (χ3v) is 4.79. The number of nitrogens with zero attached hydrogens (tertiary/aromatic N) is 3. The predicted octanol–water partition coefficient (Wildman–Crippen LogP) is 3.05. The molecule has 8 heteroatoms. The molecule has 6 nitrogen and oxygen atoms in total. The van der Waals surface area contributed by atoms with E-state index in [1.54, 1.807) is 11.6 Å². The average Bonchev–Trinajstić information content (AvgIpc) is 2.76. The van der Waals surface area contributed by atoms with Crippen LogP contribution in [-0.2, 0) is 22.7 Å². The second kappa shape index (κ2) is 12.9. The summed E-state index contributed by atoms with van der Waals surface area (Å²) in [5.74, 6) is -0.338. The zero-order valence-corrected chi connectivity index (χ0v) is 18.0. The number of hydrogen-bond donors (Lipinski definition) is 1. The standard InChI is InChI=1S/C22H27FN4O2S/c1-26(14-19-8-9-20(23)12-21(19)25-16-30-2)15-22(27(17-29)10-11-28)24-13-18-6-4-3-5-7-18/h3-9,11-12,16-17,22,24H,10,13-15H2,1-2H3. The summed E-state index contributed by atoms with van der Waals surface area (Å²) < 4.78 is 13.6. The molecule has 0 radical (unpaired) electrons. The Balaban J connectivity index is 2.11. The smallest absolute Gasteiger partial charge is 0.211 e. The van der Waals surface area contributed by atoms with Crippen molar-refractivity contribution in [1.82, 2.24) is 15.1 Å². The fraction of sp³-hybridized carbons (Fsp3) is 0.318. The van der Waals surface area contributed by atoms with Crippen LogP contribution in [0.1, 0.15) is 11.1 Å². The van der Waals surface area contributed by atoms with Gasteiger partial charge in [0.25, 0.3) is 0 Å². The molecular weight excluding hydrogens is 403 g/mol. The Morgan fingerprint density at radius 1 is 1.20 bits per heavy atom. The van der Waals surface area contributed by atoms with Crippen molar-refractivity contribution in [1.29, 1.82) is 0 Å². The molecule has 1 amide bonds. The number of amides is 1. The van der Waals surface area contributed by atoms with Gasteiger partial charge in [-0.15, -0.1) is 11.8 Å². The van der Waals surface area contributed by atoms with Gasteiger partial charge in [0.1, 0.15) is 12.1 Å². The Morgan fingerprint density at radius 3 is 2.63 bits per heavy atom. The number of thioether (sulfide) groups is 1. The summed E-state index contributed by atoms with van der Waals surface area (Å²) in [6.45, 7) is 1.55. The molecule has 0 aliphatic rings. The summed E-state index contributed by atoms with van der Waals surface area (Å²) in [4.78, 5) is 30.3. The summed E-state index contributed by atoms with van der Waals surface area (Å²) in [6.07, 6.45) is 2.91. The maximum absolute atomic E-state index is 13.6. The van der Waals surface area contributed by atoms with E-state index in [2.05, 4.69) is 10.3 Å². The third kappa shape index (κ3) is 7.70. The Hall–Kier alpha value is -2.55. The van der Waals surface area contributed by atoms with Gasteiger partial charge in [0.05, 0.1) is 23.9 Å². The van der Waals surface area contributed by atoms with Crippen LogP contribution in [0.25, 0.3) is 0 Å². The first-order valence-corrected chi connectivity index (χ1v) is 10.8. The highest BCUT2D eigenvalue weighted by atomic mass is 32.2. The molecule has 160 valence electrons. The highest BCUT2D eigenvalue weighted by molar-refractivity contribution is 8.11. The number of carbonyl (C=O) groups excluding carboxylic acids is 2. The summed E-state index contributed by atoms with van der Waals surface area (Å²) in [5, 5.41) is 3.35. The molecule has 2 rings (SSSR count). The molecule has 0 spiro atoms. The number of aliphatic imine (C=N–C) groups is 1. The van der Waals surface area contributed by atoms with Crippen molar-refractivity contribution >= 4 is 35.7 Å². The summed E-state index contributed by atoms with van der Waals surface area (Å²) >= 11 is 1.44. The van der Waals surface area contributed by atoms with Crippen LogP contribution in [0.2, 0.25) is 0 Å². The largest absolute Gasteiger partial charge is 0.321 e. The number of halogens is 1. The van der Waals surface area contributed by atoms with Crippen LogP contribution in [0.3, 0.4) is 0 Å². The van der Waals surface area contributed by atoms with Gasteiger partial charge in [-0.1, -0.05) is 36.4 Å². The number of benzene rings is 2. The molecule has 0 aliphatic heterocycles. The highest BCUT2D eigenvalue weighted by Crippen LogP contribution is 2.22. The lowest BCUT2D eigenvalue weighted by atomic mass is 10.1. The van der Waals surface area contributed by atoms with Crippen molar-refractivity contribution < 1.29 is 14.0 Å². The molecule has 2 aromatic rings. The van der Waals surface area contributed by atoms with Crippen LogP contribution in [-0.4, -0.2) is 60.6 Å². The minimum absolute atomic E-state index is 0.00358. The van der Waals surface area contributed by atoms with Gasteiger partial charge in [0.15, 0.2) is 0 Å². The van der Waals surface area contributed by atoms with Crippen molar-refractivity contribution in [2.75, 3.05) is 26.4 Å². The number of aldehydes is 1. The first-order valence-electron chi connectivity index (χ1n) is 9.51. The molecule has 0 heterocycles. The van der Waals surface area contributed by atoms with Crippen molar-refractivity contribution in [3.63, 3.8) is 0 Å². The first-order chi connectivity index (χ1) is 14.6. The molecule has 0 fully saturated rings. The summed E-state index contributed by atoms with van der Waals surface area (Å²) in [7, 11) is 1.91. The molecular formula is C22H27FN4O2S. The average molecular weight is 431 g/mol. The lowest BCUT2D eigenvalue weighted by molar-refractivity contribution is -0.124. The molecule has 1 N–H and O–H groups in total. The quantitative estimate of drug-likeness (QED) is 0.229. The topological polar surface area (TPSA) is 65.0 Å². The zero-order chi connectivity index (χ0) is 21.8. The number of hydrogen-bond acceptors (Lipinski definition) is 6. The van der Waals surface area contributed by atoms with Crippen LogP contribution >= 0.6 is 11.8 Å². The number of carbonyl (C=O) groups is 2. The third-order valence-electron chi connectivity index (χ3n) is 4.48. The van der Waals surface area contributed by atoms with Crippen molar-refractivity contribution in [3.8, 4) is 0 Å². The normalized spacial score (nSPS) is 12.3. The number of rotatable bonds is 13. The van der Waals surface area contributed by atoms with Crippen LogP contribution in [0.15, 0.2) is 53.5 Å². The van der Waals surface area contributed by atoms with Crippen LogP contribution in [0.5, 0.6) is 0 Å². The van der Waals surface area contributed by atoms with Crippen molar-refractivity contribution in [2.45, 2.75) is 19.3 Å². The van der Waals surface area contributed by atoms with Gasteiger partial charge in [-0.3, -0.25) is 15.0 Å². The van der Waals surface area contributed by atoms with Gasteiger partial charge in [0, 0.05) is 19.6 Å². The predicted molar refractivity (Wildman–Crippen MR) is 120 cm³/mol. The van der Waals surface area contributed by atoms with E-state index in [9.17, 15) is 14.0 Å². The minimum atomic E-state index is -0.364. The highest BCUT2D eigenvalue weighted by Gasteiger charge is 2.19. The molecule has 0 saturated carbocycles. The van der Waals surface area contributed by atoms with Gasteiger partial charge >= 0.3 is 0 Å². The van der Waals surface area contributed by atoms with E-state index in [4.69, 9.17) is 0 Å². The Bertz CT molecular complexity index is 835. The van der Waals surface area contributed by atoms with E-state index < -0.39 is 0 Å². The molecule has 30 heavy (non-hydrogen) atoms. The molecule has 0 aliphatic carbocycles. The summed E-state index contributed by atoms with van der Waals surface area (Å²) in [6, 6.07) is 14.4. The summed E-state index contributed by atoms with van der Waals surface area (Å²) in [5.41, 5.74) is 4.19. The molecule has 0 saturated heterocycles. The Labute approximate surface area is 181 Å². The maximum Gasteiger partial charge on any atom is 0.211 e. The van der Waals surface area contributed by atoms with E-state index in [0.717, 1.165) is 11.1 Å². The van der Waals surface area contributed by atoms with E-state index in [1.165, 1.54) is 28.8 Å². The molecule has 1 unspecified atom stereocenters. The molecule has 0 bridgehead atoms. The van der Waals surface area contributed by atoms with Gasteiger partial charge in [0.2, 0.25) is 6.41 Å². The van der Waals surface area contributed by atoms with Crippen LogP contribution in [0, 0.1) is 5.82 Å². The van der Waals surface area contributed by atoms with Crippen LogP contribution < -0.4 is 5.32 Å². The number of nitrogens with one attached hydrogen (secondary N) is 1. The van der Waals surface area contributed by atoms with E-state index >= 15 is 0 Å². The Kier molecular flexibility index (Phi) is 10.2. The Morgan fingerprint density at radius 2 is 1.97 bits per heavy atom. The maximum atomic E-state index is 13.6. The fourth-order valence-corrected chi connectivity index (χ4v) is 3.22. The lowest BCUT2D eigenvalue weighted by Gasteiger charge is -2.31. The zero-order valence-electron chi connectivity index (χ0n) is 17.2. The van der Waals surface area contributed by atoms with E-state index in [1.807, 2.05) is 48.5 Å². The number of likely N-dealkylation sites (N-methyl/N-ethyl adjacent to an activating group) is 1. The second-order valence-electron chi connectivity index (χ2n) is 6.79. The van der Waals surface area contributed by atoms with Gasteiger partial charge in [-0.25, -0.2) is 9.38 Å². The van der Waals surface area contributed by atoms with Crippen molar-refractivity contribution in [3.05, 3.63) is 65.5 Å². The van der Waals surface area contributed by atoms with Crippen LogP contribution in [0.4, 0.5) is 10.1 Å². The van der Waals surface area contributed by atoms with Crippen molar-refractivity contribution in [2.24, 2.45) is 4.99 Å². The van der Waals surface area contributed by atoms with Gasteiger partial charge < -0.3 is 9.69 Å². The van der Waals surface area contributed by atoms with E-state index in [0.29, 0.717) is 38.0 Å². The fourth-order valence-electron chi connectivity index (χ4n) is 3.00. The molecule has 0 aromatic heterocycles. The molecule has 1 atom stereocenters. The van der Waals surface area contributed by atoms with Gasteiger partial charge in [-0.05, 0) is 36.6 Å². The first kappa shape index (κ1) is 23.7.